The van der Waals surface area contributed by atoms with Crippen LogP contribution >= 0.6 is 11.8 Å². The second-order valence-corrected chi connectivity index (χ2v) is 3.63. The van der Waals surface area contributed by atoms with Crippen molar-refractivity contribution < 1.29 is 5.11 Å². The fraction of sp³-hybridized carbons (Fsp3) is 0.625. The molecule has 0 spiro atoms. The van der Waals surface area contributed by atoms with Crippen LogP contribution in [-0.4, -0.2) is 37.7 Å². The molecule has 0 aliphatic heterocycles. The fourth-order valence-electron chi connectivity index (χ4n) is 0.873. The molecule has 0 saturated heterocycles. The van der Waals surface area contributed by atoms with Crippen LogP contribution in [0.2, 0.25) is 0 Å². The largest absolute Gasteiger partial charge is 0.394 e. The molecule has 6 heteroatoms. The number of terminal acetylenes is 1. The summed E-state index contributed by atoms with van der Waals surface area (Å²) < 4.78 is 1.58. The van der Waals surface area contributed by atoms with Gasteiger partial charge in [0.05, 0.1) is 13.2 Å². The number of nitrogens with zero attached hydrogens (tertiary/aromatic N) is 4. The SMILES string of the molecule is C#CCCCSc1nnnn1CCO. The number of rotatable bonds is 6. The van der Waals surface area contributed by atoms with E-state index in [2.05, 4.69) is 21.4 Å². The fourth-order valence-corrected chi connectivity index (χ4v) is 1.71. The van der Waals surface area contributed by atoms with Crippen molar-refractivity contribution in [3.05, 3.63) is 0 Å². The minimum absolute atomic E-state index is 0.0446. The summed E-state index contributed by atoms with van der Waals surface area (Å²) in [5.74, 6) is 3.47. The summed E-state index contributed by atoms with van der Waals surface area (Å²) in [5.41, 5.74) is 0. The third kappa shape index (κ3) is 3.36. The maximum atomic E-state index is 8.72. The van der Waals surface area contributed by atoms with Crippen molar-refractivity contribution in [3.8, 4) is 12.3 Å². The van der Waals surface area contributed by atoms with Gasteiger partial charge in [-0.05, 0) is 16.8 Å². The molecule has 1 aromatic heterocycles. The lowest BCUT2D eigenvalue weighted by Crippen LogP contribution is -2.05. The first-order chi connectivity index (χ1) is 6.88. The number of aromatic nitrogens is 4. The highest BCUT2D eigenvalue weighted by Crippen LogP contribution is 2.14. The molecule has 1 heterocycles. The highest BCUT2D eigenvalue weighted by atomic mass is 32.2. The molecule has 0 bridgehead atoms. The van der Waals surface area contributed by atoms with Gasteiger partial charge in [0, 0.05) is 12.2 Å². The van der Waals surface area contributed by atoms with E-state index >= 15 is 0 Å². The maximum Gasteiger partial charge on any atom is 0.209 e. The van der Waals surface area contributed by atoms with Crippen LogP contribution < -0.4 is 0 Å². The minimum Gasteiger partial charge on any atom is -0.394 e. The van der Waals surface area contributed by atoms with Crippen molar-refractivity contribution in [2.24, 2.45) is 0 Å². The zero-order chi connectivity index (χ0) is 10.2. The van der Waals surface area contributed by atoms with E-state index in [0.717, 1.165) is 23.8 Å². The third-order valence-corrected chi connectivity index (χ3v) is 2.55. The van der Waals surface area contributed by atoms with E-state index in [4.69, 9.17) is 11.5 Å². The molecule has 1 aromatic rings. The van der Waals surface area contributed by atoms with E-state index in [0.29, 0.717) is 6.54 Å². The number of aliphatic hydroxyl groups is 1. The van der Waals surface area contributed by atoms with Gasteiger partial charge in [-0.2, -0.15) is 0 Å². The lowest BCUT2D eigenvalue weighted by Gasteiger charge is -2.00. The number of hydrogen-bond acceptors (Lipinski definition) is 5. The Morgan fingerprint density at radius 2 is 2.43 bits per heavy atom. The number of hydrogen-bond donors (Lipinski definition) is 1. The van der Waals surface area contributed by atoms with Crippen LogP contribution in [0.4, 0.5) is 0 Å². The first-order valence-electron chi connectivity index (χ1n) is 4.31. The highest BCUT2D eigenvalue weighted by molar-refractivity contribution is 7.99. The van der Waals surface area contributed by atoms with Crippen LogP contribution in [-0.2, 0) is 6.54 Å². The molecule has 1 N–H and O–H groups in total. The molecule has 76 valence electrons. The van der Waals surface area contributed by atoms with E-state index in [9.17, 15) is 0 Å². The Morgan fingerprint density at radius 1 is 1.57 bits per heavy atom. The van der Waals surface area contributed by atoms with Crippen molar-refractivity contribution in [2.75, 3.05) is 12.4 Å². The van der Waals surface area contributed by atoms with Crippen molar-refractivity contribution in [1.29, 1.82) is 0 Å². The van der Waals surface area contributed by atoms with E-state index in [1.54, 1.807) is 16.4 Å². The van der Waals surface area contributed by atoms with Gasteiger partial charge in [-0.1, -0.05) is 11.8 Å². The number of unbranched alkanes of at least 4 members (excludes halogenated alkanes) is 1. The van der Waals surface area contributed by atoms with Crippen LogP contribution in [0, 0.1) is 12.3 Å². The maximum absolute atomic E-state index is 8.72. The Labute approximate surface area is 86.9 Å². The van der Waals surface area contributed by atoms with Crippen LogP contribution in [0.3, 0.4) is 0 Å². The molecule has 0 aromatic carbocycles. The topological polar surface area (TPSA) is 63.8 Å². The Kier molecular flexibility index (Phi) is 5.04. The van der Waals surface area contributed by atoms with Gasteiger partial charge in [-0.3, -0.25) is 0 Å². The average molecular weight is 212 g/mol. The quantitative estimate of drug-likeness (QED) is 0.414. The van der Waals surface area contributed by atoms with Crippen LogP contribution in [0.1, 0.15) is 12.8 Å². The first-order valence-corrected chi connectivity index (χ1v) is 5.30. The third-order valence-electron chi connectivity index (χ3n) is 1.51. The Morgan fingerprint density at radius 3 is 3.14 bits per heavy atom. The summed E-state index contributed by atoms with van der Waals surface area (Å²) >= 11 is 1.55. The summed E-state index contributed by atoms with van der Waals surface area (Å²) in [5, 5.41) is 20.6. The normalized spacial score (nSPS) is 10.0. The van der Waals surface area contributed by atoms with Crippen LogP contribution in [0.25, 0.3) is 0 Å². The van der Waals surface area contributed by atoms with Crippen molar-refractivity contribution in [3.63, 3.8) is 0 Å². The molecule has 0 aliphatic carbocycles. The number of tetrazole rings is 1. The highest BCUT2D eigenvalue weighted by Gasteiger charge is 2.04. The molecular formula is C8H12N4OS. The number of aliphatic hydroxyl groups excluding tert-OH is 1. The predicted octanol–water partition coefficient (Wildman–Crippen LogP) is 0.171. The van der Waals surface area contributed by atoms with Crippen LogP contribution in [0.5, 0.6) is 0 Å². The van der Waals surface area contributed by atoms with Crippen molar-refractivity contribution in [2.45, 2.75) is 24.5 Å². The molecule has 0 radical (unpaired) electrons. The van der Waals surface area contributed by atoms with Gasteiger partial charge in [0.2, 0.25) is 5.16 Å². The summed E-state index contributed by atoms with van der Waals surface area (Å²) in [7, 11) is 0. The molecule has 0 atom stereocenters. The van der Waals surface area contributed by atoms with E-state index in [1.807, 2.05) is 0 Å². The zero-order valence-electron chi connectivity index (χ0n) is 7.76. The molecule has 1 rings (SSSR count). The molecule has 0 unspecified atom stereocenters. The Hall–Kier alpha value is -1.06. The summed E-state index contributed by atoms with van der Waals surface area (Å²) in [4.78, 5) is 0. The molecule has 0 saturated carbocycles. The van der Waals surface area contributed by atoms with Gasteiger partial charge in [-0.25, -0.2) is 4.68 Å². The molecule has 14 heavy (non-hydrogen) atoms. The van der Waals surface area contributed by atoms with Gasteiger partial charge in [0.1, 0.15) is 0 Å². The zero-order valence-corrected chi connectivity index (χ0v) is 8.57. The van der Waals surface area contributed by atoms with Gasteiger partial charge >= 0.3 is 0 Å². The molecule has 5 nitrogen and oxygen atoms in total. The van der Waals surface area contributed by atoms with Gasteiger partial charge in [0.15, 0.2) is 0 Å². The molecule has 0 aliphatic rings. The standard InChI is InChI=1S/C8H12N4OS/c1-2-3-4-7-14-8-9-10-11-12(8)5-6-13/h1,13H,3-7H2. The predicted molar refractivity (Wildman–Crippen MR) is 53.7 cm³/mol. The summed E-state index contributed by atoms with van der Waals surface area (Å²) in [6.45, 7) is 0.480. The smallest absolute Gasteiger partial charge is 0.209 e. The second kappa shape index (κ2) is 6.40. The lowest BCUT2D eigenvalue weighted by atomic mass is 10.4. The second-order valence-electron chi connectivity index (χ2n) is 2.56. The minimum atomic E-state index is 0.0446. The molecule has 0 amide bonds. The van der Waals surface area contributed by atoms with E-state index in [1.165, 1.54) is 0 Å². The van der Waals surface area contributed by atoms with E-state index < -0.39 is 0 Å². The Bertz CT molecular complexity index is 307. The summed E-state index contributed by atoms with van der Waals surface area (Å²) in [6, 6.07) is 0. The summed E-state index contributed by atoms with van der Waals surface area (Å²) in [6.07, 6.45) is 6.85. The van der Waals surface area contributed by atoms with Crippen molar-refractivity contribution >= 4 is 11.8 Å². The monoisotopic (exact) mass is 212 g/mol. The molecule has 0 fully saturated rings. The van der Waals surface area contributed by atoms with Crippen LogP contribution in [0.15, 0.2) is 5.16 Å². The Balaban J connectivity index is 2.34. The van der Waals surface area contributed by atoms with Crippen molar-refractivity contribution in [1.82, 2.24) is 20.2 Å². The van der Waals surface area contributed by atoms with Gasteiger partial charge in [0.25, 0.3) is 0 Å². The van der Waals surface area contributed by atoms with Gasteiger partial charge < -0.3 is 5.11 Å². The number of thioether (sulfide) groups is 1. The lowest BCUT2D eigenvalue weighted by molar-refractivity contribution is 0.262. The van der Waals surface area contributed by atoms with E-state index in [-0.39, 0.29) is 6.61 Å². The first kappa shape index (κ1) is 11.0. The average Bonchev–Trinajstić information content (AvgIpc) is 2.61. The van der Waals surface area contributed by atoms with Gasteiger partial charge in [-0.15, -0.1) is 17.4 Å². The molecular weight excluding hydrogens is 200 g/mol.